The van der Waals surface area contributed by atoms with Crippen molar-refractivity contribution in [3.05, 3.63) is 28.0 Å². The summed E-state index contributed by atoms with van der Waals surface area (Å²) in [6, 6.07) is 2.67. The van der Waals surface area contributed by atoms with E-state index >= 15 is 0 Å². The Morgan fingerprint density at radius 3 is 2.73 bits per heavy atom. The average molecular weight is 277 g/mol. The molecule has 5 heteroatoms. The molecular formula is C10H10BrFO3. The molecule has 0 fully saturated rings. The molecule has 0 aromatic heterocycles. The van der Waals surface area contributed by atoms with E-state index in [1.54, 1.807) is 6.92 Å². The molecule has 0 radical (unpaired) electrons. The predicted octanol–water partition coefficient (Wildman–Crippen LogP) is 2.77. The quantitative estimate of drug-likeness (QED) is 0.797. The second-order valence-electron chi connectivity index (χ2n) is 2.69. The molecule has 0 aliphatic carbocycles. The van der Waals surface area contributed by atoms with Crippen LogP contribution in [0.2, 0.25) is 0 Å². The van der Waals surface area contributed by atoms with Crippen molar-refractivity contribution in [1.29, 1.82) is 0 Å². The van der Waals surface area contributed by atoms with Gasteiger partial charge in [-0.3, -0.25) is 0 Å². The van der Waals surface area contributed by atoms with Gasteiger partial charge in [0.25, 0.3) is 0 Å². The number of esters is 1. The molecule has 0 bridgehead atoms. The summed E-state index contributed by atoms with van der Waals surface area (Å²) in [6.07, 6.45) is 0. The van der Waals surface area contributed by atoms with Crippen molar-refractivity contribution in [2.24, 2.45) is 0 Å². The van der Waals surface area contributed by atoms with Crippen molar-refractivity contribution >= 4 is 21.9 Å². The molecule has 15 heavy (non-hydrogen) atoms. The summed E-state index contributed by atoms with van der Waals surface area (Å²) in [4.78, 5) is 11.2. The standard InChI is InChI=1S/C10H10BrFO3/c1-3-15-8-5-6(10(13)14-2)4-7(11)9(8)12/h4-5H,3H2,1-2H3. The summed E-state index contributed by atoms with van der Waals surface area (Å²) < 4.78 is 23.2. The number of methoxy groups -OCH3 is 1. The highest BCUT2D eigenvalue weighted by Gasteiger charge is 2.14. The van der Waals surface area contributed by atoms with E-state index in [0.717, 1.165) is 0 Å². The number of hydrogen-bond acceptors (Lipinski definition) is 3. The van der Waals surface area contributed by atoms with Gasteiger partial charge in [0.15, 0.2) is 11.6 Å². The van der Waals surface area contributed by atoms with Gasteiger partial charge in [0, 0.05) is 0 Å². The summed E-state index contributed by atoms with van der Waals surface area (Å²) in [7, 11) is 1.26. The lowest BCUT2D eigenvalue weighted by molar-refractivity contribution is 0.0600. The average Bonchev–Trinajstić information content (AvgIpc) is 2.23. The van der Waals surface area contributed by atoms with E-state index in [9.17, 15) is 9.18 Å². The van der Waals surface area contributed by atoms with Crippen molar-refractivity contribution in [2.75, 3.05) is 13.7 Å². The fourth-order valence-electron chi connectivity index (χ4n) is 1.06. The summed E-state index contributed by atoms with van der Waals surface area (Å²) in [6.45, 7) is 2.06. The van der Waals surface area contributed by atoms with Crippen molar-refractivity contribution in [2.45, 2.75) is 6.92 Å². The SMILES string of the molecule is CCOc1cc(C(=O)OC)cc(Br)c1F. The molecule has 0 amide bonds. The van der Waals surface area contributed by atoms with Gasteiger partial charge in [-0.15, -0.1) is 0 Å². The minimum Gasteiger partial charge on any atom is -0.491 e. The van der Waals surface area contributed by atoms with E-state index in [-0.39, 0.29) is 15.8 Å². The third-order valence-corrected chi connectivity index (χ3v) is 2.29. The second-order valence-corrected chi connectivity index (χ2v) is 3.55. The van der Waals surface area contributed by atoms with Gasteiger partial charge in [0.1, 0.15) is 0 Å². The number of hydrogen-bond donors (Lipinski definition) is 0. The Kier molecular flexibility index (Phi) is 4.08. The van der Waals surface area contributed by atoms with E-state index in [1.807, 2.05) is 0 Å². The van der Waals surface area contributed by atoms with Crippen LogP contribution in [0.1, 0.15) is 17.3 Å². The number of rotatable bonds is 3. The first-order valence-electron chi connectivity index (χ1n) is 4.30. The van der Waals surface area contributed by atoms with E-state index in [2.05, 4.69) is 20.7 Å². The monoisotopic (exact) mass is 276 g/mol. The zero-order valence-corrected chi connectivity index (χ0v) is 9.93. The van der Waals surface area contributed by atoms with Gasteiger partial charge in [-0.25, -0.2) is 9.18 Å². The van der Waals surface area contributed by atoms with Gasteiger partial charge >= 0.3 is 5.97 Å². The van der Waals surface area contributed by atoms with E-state index in [0.29, 0.717) is 6.61 Å². The Bertz CT molecular complexity index is 379. The van der Waals surface area contributed by atoms with Gasteiger partial charge < -0.3 is 9.47 Å². The first-order chi connectivity index (χ1) is 7.10. The maximum absolute atomic E-state index is 13.4. The van der Waals surface area contributed by atoms with Gasteiger partial charge in [-0.2, -0.15) is 0 Å². The van der Waals surface area contributed by atoms with Crippen LogP contribution in [0.25, 0.3) is 0 Å². The zero-order valence-electron chi connectivity index (χ0n) is 8.34. The van der Waals surface area contributed by atoms with Crippen molar-refractivity contribution < 1.29 is 18.7 Å². The highest BCUT2D eigenvalue weighted by Crippen LogP contribution is 2.27. The van der Waals surface area contributed by atoms with Gasteiger partial charge in [-0.05, 0) is 35.0 Å². The van der Waals surface area contributed by atoms with Crippen molar-refractivity contribution in [3.63, 3.8) is 0 Å². The zero-order chi connectivity index (χ0) is 11.4. The normalized spacial score (nSPS) is 9.87. The minimum absolute atomic E-state index is 0.0345. The third-order valence-electron chi connectivity index (χ3n) is 1.72. The molecule has 1 rings (SSSR count). The first-order valence-corrected chi connectivity index (χ1v) is 5.09. The predicted molar refractivity (Wildman–Crippen MR) is 56.6 cm³/mol. The highest BCUT2D eigenvalue weighted by molar-refractivity contribution is 9.10. The van der Waals surface area contributed by atoms with Crippen LogP contribution in [0.3, 0.4) is 0 Å². The Morgan fingerprint density at radius 1 is 1.53 bits per heavy atom. The molecule has 0 atom stereocenters. The third kappa shape index (κ3) is 2.68. The summed E-state index contributed by atoms with van der Waals surface area (Å²) in [5, 5.41) is 0. The molecule has 0 saturated heterocycles. The highest BCUT2D eigenvalue weighted by atomic mass is 79.9. The number of carbonyl (C=O) groups excluding carboxylic acids is 1. The Hall–Kier alpha value is -1.10. The fraction of sp³-hybridized carbons (Fsp3) is 0.300. The lowest BCUT2D eigenvalue weighted by Gasteiger charge is -2.08. The lowest BCUT2D eigenvalue weighted by Crippen LogP contribution is -2.04. The topological polar surface area (TPSA) is 35.5 Å². The number of carbonyl (C=O) groups is 1. The van der Waals surface area contributed by atoms with Gasteiger partial charge in [0.2, 0.25) is 0 Å². The molecule has 0 saturated carbocycles. The molecule has 3 nitrogen and oxygen atoms in total. The van der Waals surface area contributed by atoms with Crippen LogP contribution in [0.15, 0.2) is 16.6 Å². The van der Waals surface area contributed by atoms with Crippen LogP contribution in [-0.4, -0.2) is 19.7 Å². The molecule has 1 aromatic rings. The minimum atomic E-state index is -0.531. The second kappa shape index (κ2) is 5.11. The number of benzene rings is 1. The first kappa shape index (κ1) is 12.0. The molecule has 0 aliphatic heterocycles. The van der Waals surface area contributed by atoms with Gasteiger partial charge in [0.05, 0.1) is 23.8 Å². The van der Waals surface area contributed by atoms with E-state index in [1.165, 1.54) is 19.2 Å². The molecule has 82 valence electrons. The van der Waals surface area contributed by atoms with Crippen molar-refractivity contribution in [1.82, 2.24) is 0 Å². The molecule has 0 aliphatic rings. The van der Waals surface area contributed by atoms with E-state index < -0.39 is 11.8 Å². The van der Waals surface area contributed by atoms with Crippen LogP contribution in [0, 0.1) is 5.82 Å². The smallest absolute Gasteiger partial charge is 0.338 e. The van der Waals surface area contributed by atoms with Crippen LogP contribution >= 0.6 is 15.9 Å². The van der Waals surface area contributed by atoms with Crippen LogP contribution in [0.4, 0.5) is 4.39 Å². The Morgan fingerprint density at radius 2 is 2.20 bits per heavy atom. The molecule has 0 heterocycles. The molecule has 1 aromatic carbocycles. The summed E-state index contributed by atoms with van der Waals surface area (Å²) in [5.74, 6) is -1.02. The maximum atomic E-state index is 13.4. The van der Waals surface area contributed by atoms with E-state index in [4.69, 9.17) is 4.74 Å². The van der Waals surface area contributed by atoms with Crippen LogP contribution < -0.4 is 4.74 Å². The lowest BCUT2D eigenvalue weighted by atomic mass is 10.2. The number of ether oxygens (including phenoxy) is 2. The molecule has 0 unspecified atom stereocenters. The summed E-state index contributed by atoms with van der Waals surface area (Å²) >= 11 is 3.00. The summed E-state index contributed by atoms with van der Waals surface area (Å²) in [5.41, 5.74) is 0.245. The molecular weight excluding hydrogens is 267 g/mol. The van der Waals surface area contributed by atoms with Crippen molar-refractivity contribution in [3.8, 4) is 5.75 Å². The maximum Gasteiger partial charge on any atom is 0.338 e. The van der Waals surface area contributed by atoms with Crippen LogP contribution in [-0.2, 0) is 4.74 Å². The largest absolute Gasteiger partial charge is 0.491 e. The van der Waals surface area contributed by atoms with Crippen LogP contribution in [0.5, 0.6) is 5.75 Å². The molecule has 0 spiro atoms. The Labute approximate surface area is 95.3 Å². The van der Waals surface area contributed by atoms with Gasteiger partial charge in [-0.1, -0.05) is 0 Å². The fourth-order valence-corrected chi connectivity index (χ4v) is 1.50. The number of halogens is 2. The Balaban J connectivity index is 3.16. The molecule has 0 N–H and O–H groups in total.